The molecule has 5 nitrogen and oxygen atoms in total. The van der Waals surface area contributed by atoms with Crippen molar-refractivity contribution >= 4 is 23.1 Å². The Balaban J connectivity index is 1.95. The molecule has 1 atom stereocenters. The van der Waals surface area contributed by atoms with Crippen molar-refractivity contribution in [1.82, 2.24) is 0 Å². The first-order valence-electron chi connectivity index (χ1n) is 11.9. The Hall–Kier alpha value is -3.86. The van der Waals surface area contributed by atoms with E-state index < -0.39 is 17.7 Å². The summed E-state index contributed by atoms with van der Waals surface area (Å²) in [6.45, 7) is 8.01. The number of aliphatic hydroxyl groups is 1. The maximum absolute atomic E-state index is 13.4. The standard InChI is InChI=1S/C30H31NO4/c1-6-20-12-14-22(15-13-20)31-27(21-10-8-7-9-11-21)26(29(33)30(31)34)28(32)24-17-23(18(2)3)25(35-5)16-19(24)4/h7-18,27,32H,6H2,1-5H3/b28-26+. The van der Waals surface area contributed by atoms with E-state index in [-0.39, 0.29) is 17.3 Å². The van der Waals surface area contributed by atoms with Crippen LogP contribution in [0, 0.1) is 6.92 Å². The number of Topliss-reactive ketones (excluding diaryl/α,β-unsaturated/α-hetero) is 1. The van der Waals surface area contributed by atoms with Crippen molar-refractivity contribution < 1.29 is 19.4 Å². The summed E-state index contributed by atoms with van der Waals surface area (Å²) < 4.78 is 5.54. The second-order valence-corrected chi connectivity index (χ2v) is 9.16. The normalized spacial score (nSPS) is 17.3. The van der Waals surface area contributed by atoms with Gasteiger partial charge < -0.3 is 9.84 Å². The molecule has 180 valence electrons. The van der Waals surface area contributed by atoms with Crippen LogP contribution in [0.5, 0.6) is 5.75 Å². The van der Waals surface area contributed by atoms with Crippen molar-refractivity contribution in [2.45, 2.75) is 46.1 Å². The number of benzene rings is 3. The SMILES string of the molecule is CCc1ccc(N2C(=O)C(=O)/C(=C(/O)c3cc(C(C)C)c(OC)cc3C)C2c2ccccc2)cc1. The topological polar surface area (TPSA) is 66.8 Å². The molecule has 3 aromatic rings. The van der Waals surface area contributed by atoms with E-state index in [1.165, 1.54) is 4.90 Å². The second-order valence-electron chi connectivity index (χ2n) is 9.16. The van der Waals surface area contributed by atoms with Crippen LogP contribution in [0.15, 0.2) is 72.3 Å². The third-order valence-corrected chi connectivity index (χ3v) is 6.64. The van der Waals surface area contributed by atoms with Crippen LogP contribution in [0.25, 0.3) is 5.76 Å². The summed E-state index contributed by atoms with van der Waals surface area (Å²) in [5.41, 5.74) is 4.79. The van der Waals surface area contributed by atoms with Gasteiger partial charge in [-0.05, 0) is 65.8 Å². The summed E-state index contributed by atoms with van der Waals surface area (Å²) >= 11 is 0. The van der Waals surface area contributed by atoms with Gasteiger partial charge in [-0.1, -0.05) is 63.2 Å². The Morgan fingerprint density at radius 3 is 2.26 bits per heavy atom. The van der Waals surface area contributed by atoms with Crippen molar-refractivity contribution in [1.29, 1.82) is 0 Å². The van der Waals surface area contributed by atoms with Gasteiger partial charge in [0, 0.05) is 11.3 Å². The van der Waals surface area contributed by atoms with Crippen LogP contribution in [0.2, 0.25) is 0 Å². The molecule has 0 saturated carbocycles. The van der Waals surface area contributed by atoms with Crippen molar-refractivity contribution in [3.63, 3.8) is 0 Å². The third-order valence-electron chi connectivity index (χ3n) is 6.64. The van der Waals surface area contributed by atoms with Gasteiger partial charge in [-0.25, -0.2) is 0 Å². The van der Waals surface area contributed by atoms with Gasteiger partial charge in [0.25, 0.3) is 11.7 Å². The summed E-state index contributed by atoms with van der Waals surface area (Å²) in [4.78, 5) is 28.3. The number of ketones is 1. The van der Waals surface area contributed by atoms with Crippen LogP contribution >= 0.6 is 0 Å². The molecular formula is C30H31NO4. The average Bonchev–Trinajstić information content (AvgIpc) is 3.14. The maximum atomic E-state index is 13.4. The number of amides is 1. The van der Waals surface area contributed by atoms with Crippen LogP contribution in [-0.4, -0.2) is 23.9 Å². The molecule has 3 aromatic carbocycles. The van der Waals surface area contributed by atoms with Gasteiger partial charge in [0.2, 0.25) is 0 Å². The predicted octanol–water partition coefficient (Wildman–Crippen LogP) is 6.32. The number of methoxy groups -OCH3 is 1. The van der Waals surface area contributed by atoms with E-state index in [9.17, 15) is 14.7 Å². The minimum Gasteiger partial charge on any atom is -0.507 e. The van der Waals surface area contributed by atoms with E-state index in [1.54, 1.807) is 7.11 Å². The Kier molecular flexibility index (Phi) is 6.79. The summed E-state index contributed by atoms with van der Waals surface area (Å²) in [6.07, 6.45) is 0.871. The maximum Gasteiger partial charge on any atom is 0.300 e. The monoisotopic (exact) mass is 469 g/mol. The zero-order chi connectivity index (χ0) is 25.3. The lowest BCUT2D eigenvalue weighted by Gasteiger charge is -2.26. The molecule has 4 rings (SSSR count). The minimum atomic E-state index is -0.743. The first kappa shape index (κ1) is 24.3. The molecule has 1 fully saturated rings. The highest BCUT2D eigenvalue weighted by Crippen LogP contribution is 2.43. The largest absolute Gasteiger partial charge is 0.507 e. The molecule has 1 amide bonds. The fourth-order valence-corrected chi connectivity index (χ4v) is 4.67. The molecule has 0 aliphatic carbocycles. The number of ether oxygens (including phenoxy) is 1. The van der Waals surface area contributed by atoms with E-state index in [4.69, 9.17) is 4.74 Å². The van der Waals surface area contributed by atoms with Crippen molar-refractivity contribution in [2.24, 2.45) is 0 Å². The smallest absolute Gasteiger partial charge is 0.300 e. The van der Waals surface area contributed by atoms with Gasteiger partial charge in [-0.15, -0.1) is 0 Å². The minimum absolute atomic E-state index is 0.0868. The molecule has 1 saturated heterocycles. The van der Waals surface area contributed by atoms with Gasteiger partial charge in [0.1, 0.15) is 11.5 Å². The van der Waals surface area contributed by atoms with E-state index in [0.29, 0.717) is 11.3 Å². The third kappa shape index (κ3) is 4.34. The zero-order valence-electron chi connectivity index (χ0n) is 20.8. The number of carbonyl (C=O) groups excluding carboxylic acids is 2. The van der Waals surface area contributed by atoms with Crippen molar-refractivity contribution in [3.05, 3.63) is 100 Å². The molecule has 1 aliphatic heterocycles. The van der Waals surface area contributed by atoms with Gasteiger partial charge in [-0.3, -0.25) is 14.5 Å². The van der Waals surface area contributed by atoms with E-state index >= 15 is 0 Å². The number of rotatable bonds is 6. The lowest BCUT2D eigenvalue weighted by molar-refractivity contribution is -0.132. The van der Waals surface area contributed by atoms with Crippen LogP contribution < -0.4 is 9.64 Å². The average molecular weight is 470 g/mol. The molecule has 1 aliphatic rings. The highest BCUT2D eigenvalue weighted by atomic mass is 16.5. The van der Waals surface area contributed by atoms with Crippen LogP contribution in [-0.2, 0) is 16.0 Å². The van der Waals surface area contributed by atoms with Crippen molar-refractivity contribution in [2.75, 3.05) is 12.0 Å². The van der Waals surface area contributed by atoms with Gasteiger partial charge in [0.05, 0.1) is 18.7 Å². The summed E-state index contributed by atoms with van der Waals surface area (Å²) in [7, 11) is 1.62. The van der Waals surface area contributed by atoms with Gasteiger partial charge in [0.15, 0.2) is 0 Å². The van der Waals surface area contributed by atoms with E-state index in [2.05, 4.69) is 6.92 Å². The number of nitrogens with zero attached hydrogens (tertiary/aromatic N) is 1. The summed E-state index contributed by atoms with van der Waals surface area (Å²) in [5, 5.41) is 11.6. The first-order chi connectivity index (χ1) is 16.8. The quantitative estimate of drug-likeness (QED) is 0.261. The fourth-order valence-electron chi connectivity index (χ4n) is 4.67. The zero-order valence-corrected chi connectivity index (χ0v) is 20.8. The highest BCUT2D eigenvalue weighted by molar-refractivity contribution is 6.51. The fraction of sp³-hybridized carbons (Fsp3) is 0.267. The van der Waals surface area contributed by atoms with Crippen LogP contribution in [0.1, 0.15) is 60.5 Å². The molecule has 5 heteroatoms. The molecule has 0 aromatic heterocycles. The molecule has 1 unspecified atom stereocenters. The molecular weight excluding hydrogens is 438 g/mol. The Bertz CT molecular complexity index is 1290. The number of anilines is 1. The molecule has 0 radical (unpaired) electrons. The molecule has 1 N–H and O–H groups in total. The number of hydrogen-bond acceptors (Lipinski definition) is 4. The predicted molar refractivity (Wildman–Crippen MR) is 139 cm³/mol. The Labute approximate surface area is 206 Å². The van der Waals surface area contributed by atoms with E-state index in [1.807, 2.05) is 87.5 Å². The lowest BCUT2D eigenvalue weighted by atomic mass is 9.91. The molecule has 0 bridgehead atoms. The van der Waals surface area contributed by atoms with Crippen molar-refractivity contribution in [3.8, 4) is 5.75 Å². The number of aryl methyl sites for hydroxylation is 2. The number of hydrogen-bond donors (Lipinski definition) is 1. The van der Waals surface area contributed by atoms with E-state index in [0.717, 1.165) is 34.4 Å². The van der Waals surface area contributed by atoms with Crippen LogP contribution in [0.4, 0.5) is 5.69 Å². The molecule has 0 spiro atoms. The Morgan fingerprint density at radius 1 is 1.03 bits per heavy atom. The first-order valence-corrected chi connectivity index (χ1v) is 11.9. The lowest BCUT2D eigenvalue weighted by Crippen LogP contribution is -2.29. The van der Waals surface area contributed by atoms with Gasteiger partial charge >= 0.3 is 0 Å². The number of carbonyl (C=O) groups is 2. The summed E-state index contributed by atoms with van der Waals surface area (Å²) in [6, 6.07) is 20.0. The molecule has 35 heavy (non-hydrogen) atoms. The number of aliphatic hydroxyl groups excluding tert-OH is 1. The highest BCUT2D eigenvalue weighted by Gasteiger charge is 2.47. The second kappa shape index (κ2) is 9.79. The Morgan fingerprint density at radius 2 is 1.69 bits per heavy atom. The van der Waals surface area contributed by atoms with Gasteiger partial charge in [-0.2, -0.15) is 0 Å². The van der Waals surface area contributed by atoms with Crippen LogP contribution in [0.3, 0.4) is 0 Å². The molecule has 1 heterocycles. The summed E-state index contributed by atoms with van der Waals surface area (Å²) in [5.74, 6) is -0.657.